The monoisotopic (exact) mass is 291 g/mol. The summed E-state index contributed by atoms with van der Waals surface area (Å²) in [6.45, 7) is 0.582. The van der Waals surface area contributed by atoms with Crippen LogP contribution in [-0.4, -0.2) is 18.1 Å². The Kier molecular flexibility index (Phi) is 3.68. The van der Waals surface area contributed by atoms with Crippen molar-refractivity contribution >= 4 is 28.6 Å². The molecule has 0 amide bonds. The van der Waals surface area contributed by atoms with Crippen molar-refractivity contribution in [3.05, 3.63) is 32.9 Å². The van der Waals surface area contributed by atoms with E-state index >= 15 is 0 Å². The normalized spacial score (nSPS) is 10.0. The number of carboxylic acid groups (broad SMARTS) is 1. The molecule has 0 bridgehead atoms. The minimum atomic E-state index is -0.872. The van der Waals surface area contributed by atoms with Crippen LogP contribution >= 0.6 is 22.6 Å². The third-order valence-corrected chi connectivity index (χ3v) is 2.34. The largest absolute Gasteiger partial charge is 0.478 e. The van der Waals surface area contributed by atoms with Crippen molar-refractivity contribution in [3.8, 4) is 0 Å². The van der Waals surface area contributed by atoms with Crippen LogP contribution in [0.25, 0.3) is 0 Å². The molecular formula is C9H10INO2. The number of halogens is 1. The highest BCUT2D eigenvalue weighted by Gasteiger charge is 2.08. The molecule has 0 unspecified atom stereocenters. The van der Waals surface area contributed by atoms with E-state index in [-0.39, 0.29) is 0 Å². The zero-order chi connectivity index (χ0) is 9.84. The Labute approximate surface area is 90.3 Å². The molecule has 0 fully saturated rings. The van der Waals surface area contributed by atoms with Gasteiger partial charge in [0.05, 0.1) is 5.56 Å². The van der Waals surface area contributed by atoms with E-state index in [2.05, 4.69) is 27.9 Å². The van der Waals surface area contributed by atoms with Crippen LogP contribution in [0, 0.1) is 3.57 Å². The first-order chi connectivity index (χ1) is 6.15. The summed E-state index contributed by atoms with van der Waals surface area (Å²) in [6.07, 6.45) is 0. The number of rotatable bonds is 3. The van der Waals surface area contributed by atoms with E-state index in [9.17, 15) is 4.79 Å². The van der Waals surface area contributed by atoms with Gasteiger partial charge in [0.1, 0.15) is 0 Å². The van der Waals surface area contributed by atoms with Crippen LogP contribution in [0.1, 0.15) is 15.9 Å². The maximum atomic E-state index is 10.8. The lowest BCUT2D eigenvalue weighted by Crippen LogP contribution is -2.10. The van der Waals surface area contributed by atoms with Crippen molar-refractivity contribution in [3.63, 3.8) is 0 Å². The van der Waals surface area contributed by atoms with Crippen LogP contribution in [-0.2, 0) is 6.54 Å². The summed E-state index contributed by atoms with van der Waals surface area (Å²) in [7, 11) is 1.80. The molecule has 0 aromatic heterocycles. The Bertz CT molecular complexity index is 325. The maximum Gasteiger partial charge on any atom is 0.336 e. The number of aromatic carboxylic acids is 1. The van der Waals surface area contributed by atoms with Crippen molar-refractivity contribution in [1.82, 2.24) is 5.32 Å². The van der Waals surface area contributed by atoms with Gasteiger partial charge in [-0.05, 0) is 47.3 Å². The molecule has 3 nitrogen and oxygen atoms in total. The van der Waals surface area contributed by atoms with Gasteiger partial charge >= 0.3 is 5.97 Å². The van der Waals surface area contributed by atoms with E-state index < -0.39 is 5.97 Å². The molecule has 1 aromatic rings. The molecule has 0 saturated carbocycles. The van der Waals surface area contributed by atoms with Crippen molar-refractivity contribution in [1.29, 1.82) is 0 Å². The molecular weight excluding hydrogens is 281 g/mol. The molecule has 0 heterocycles. The van der Waals surface area contributed by atoms with Crippen LogP contribution in [0.4, 0.5) is 0 Å². The third kappa shape index (κ3) is 2.67. The maximum absolute atomic E-state index is 10.8. The number of carbonyl (C=O) groups is 1. The van der Waals surface area contributed by atoms with Crippen LogP contribution in [0.3, 0.4) is 0 Å². The van der Waals surface area contributed by atoms with Gasteiger partial charge in [-0.25, -0.2) is 4.79 Å². The molecule has 2 N–H and O–H groups in total. The first kappa shape index (κ1) is 10.5. The fourth-order valence-electron chi connectivity index (χ4n) is 1.09. The predicted molar refractivity (Wildman–Crippen MR) is 58.9 cm³/mol. The molecule has 0 aliphatic heterocycles. The molecule has 4 heteroatoms. The highest BCUT2D eigenvalue weighted by atomic mass is 127. The van der Waals surface area contributed by atoms with E-state index in [1.807, 2.05) is 12.1 Å². The number of hydrogen-bond acceptors (Lipinski definition) is 2. The summed E-state index contributed by atoms with van der Waals surface area (Å²) in [6, 6.07) is 5.41. The Morgan fingerprint density at radius 2 is 2.31 bits per heavy atom. The number of hydrogen-bond donors (Lipinski definition) is 2. The molecule has 0 atom stereocenters. The van der Waals surface area contributed by atoms with Gasteiger partial charge in [-0.15, -0.1) is 0 Å². The smallest absolute Gasteiger partial charge is 0.336 e. The number of nitrogens with one attached hydrogen (secondary N) is 1. The second kappa shape index (κ2) is 4.57. The standard InChI is InChI=1S/C9H10INO2/c1-11-5-6-2-3-7(10)4-8(6)9(12)13/h2-4,11H,5H2,1H3,(H,12,13). The van der Waals surface area contributed by atoms with Crippen LogP contribution in [0.15, 0.2) is 18.2 Å². The second-order valence-electron chi connectivity index (χ2n) is 2.64. The van der Waals surface area contributed by atoms with Gasteiger partial charge in [-0.2, -0.15) is 0 Å². The molecule has 0 radical (unpaired) electrons. The molecule has 0 aliphatic rings. The lowest BCUT2D eigenvalue weighted by atomic mass is 10.1. The highest BCUT2D eigenvalue weighted by Crippen LogP contribution is 2.13. The molecule has 0 spiro atoms. The minimum Gasteiger partial charge on any atom is -0.478 e. The van der Waals surface area contributed by atoms with Crippen molar-refractivity contribution in [2.24, 2.45) is 0 Å². The summed E-state index contributed by atoms with van der Waals surface area (Å²) in [5.74, 6) is -0.872. The van der Waals surface area contributed by atoms with Gasteiger partial charge in [-0.1, -0.05) is 6.07 Å². The average Bonchev–Trinajstić information content (AvgIpc) is 2.08. The lowest BCUT2D eigenvalue weighted by molar-refractivity contribution is 0.0695. The Morgan fingerprint density at radius 3 is 2.85 bits per heavy atom. The molecule has 0 aliphatic carbocycles. The zero-order valence-corrected chi connectivity index (χ0v) is 9.33. The van der Waals surface area contributed by atoms with Gasteiger partial charge in [0.2, 0.25) is 0 Å². The van der Waals surface area contributed by atoms with Gasteiger partial charge in [-0.3, -0.25) is 0 Å². The molecule has 0 saturated heterocycles. The van der Waals surface area contributed by atoms with Gasteiger partial charge in [0.25, 0.3) is 0 Å². The summed E-state index contributed by atoms with van der Waals surface area (Å²) in [5, 5.41) is 11.8. The quantitative estimate of drug-likeness (QED) is 0.834. The number of benzene rings is 1. The fraction of sp³-hybridized carbons (Fsp3) is 0.222. The second-order valence-corrected chi connectivity index (χ2v) is 3.88. The molecule has 13 heavy (non-hydrogen) atoms. The molecule has 1 rings (SSSR count). The Morgan fingerprint density at radius 1 is 1.62 bits per heavy atom. The molecule has 1 aromatic carbocycles. The van der Waals surface area contributed by atoms with Gasteiger partial charge in [0, 0.05) is 10.1 Å². The van der Waals surface area contributed by atoms with E-state index in [1.165, 1.54) is 0 Å². The Hall–Kier alpha value is -0.620. The topological polar surface area (TPSA) is 49.3 Å². The van der Waals surface area contributed by atoms with Gasteiger partial charge < -0.3 is 10.4 Å². The number of carboxylic acids is 1. The van der Waals surface area contributed by atoms with E-state index in [4.69, 9.17) is 5.11 Å². The van der Waals surface area contributed by atoms with E-state index in [1.54, 1.807) is 13.1 Å². The first-order valence-electron chi connectivity index (χ1n) is 3.81. The van der Waals surface area contributed by atoms with Crippen LogP contribution in [0.5, 0.6) is 0 Å². The summed E-state index contributed by atoms with van der Waals surface area (Å²) >= 11 is 2.10. The van der Waals surface area contributed by atoms with E-state index in [0.717, 1.165) is 9.13 Å². The minimum absolute atomic E-state index is 0.376. The Balaban J connectivity index is 3.10. The fourth-order valence-corrected chi connectivity index (χ4v) is 1.58. The van der Waals surface area contributed by atoms with Crippen molar-refractivity contribution < 1.29 is 9.90 Å². The predicted octanol–water partition coefficient (Wildman–Crippen LogP) is 1.71. The van der Waals surface area contributed by atoms with Crippen LogP contribution in [0.2, 0.25) is 0 Å². The summed E-state index contributed by atoms with van der Waals surface area (Å²) in [4.78, 5) is 10.8. The van der Waals surface area contributed by atoms with Gasteiger partial charge in [0.15, 0.2) is 0 Å². The lowest BCUT2D eigenvalue weighted by Gasteiger charge is -2.05. The van der Waals surface area contributed by atoms with Crippen molar-refractivity contribution in [2.75, 3.05) is 7.05 Å². The SMILES string of the molecule is CNCc1ccc(I)cc1C(=O)O. The van der Waals surface area contributed by atoms with Crippen LogP contribution < -0.4 is 5.32 Å². The summed E-state index contributed by atoms with van der Waals surface area (Å²) in [5.41, 5.74) is 1.19. The molecule has 70 valence electrons. The third-order valence-electron chi connectivity index (χ3n) is 1.67. The zero-order valence-electron chi connectivity index (χ0n) is 7.17. The highest BCUT2D eigenvalue weighted by molar-refractivity contribution is 14.1. The first-order valence-corrected chi connectivity index (χ1v) is 4.89. The van der Waals surface area contributed by atoms with E-state index in [0.29, 0.717) is 12.1 Å². The van der Waals surface area contributed by atoms with Crippen molar-refractivity contribution in [2.45, 2.75) is 6.54 Å². The average molecular weight is 291 g/mol. The summed E-state index contributed by atoms with van der Waals surface area (Å²) < 4.78 is 0.940.